The highest BCUT2D eigenvalue weighted by Crippen LogP contribution is 2.32. The SMILES string of the molecule is Cc1ccc(C(F)(F)F)cc1NC(=O)c1cccnc1Br. The first kappa shape index (κ1) is 15.5. The summed E-state index contributed by atoms with van der Waals surface area (Å²) in [5, 5.41) is 2.47. The van der Waals surface area contributed by atoms with Gasteiger partial charge in [0, 0.05) is 11.9 Å². The molecule has 0 spiro atoms. The van der Waals surface area contributed by atoms with Crippen LogP contribution < -0.4 is 5.32 Å². The third kappa shape index (κ3) is 3.60. The van der Waals surface area contributed by atoms with E-state index >= 15 is 0 Å². The van der Waals surface area contributed by atoms with Crippen molar-refractivity contribution in [3.63, 3.8) is 0 Å². The lowest BCUT2D eigenvalue weighted by Crippen LogP contribution is -2.15. The monoisotopic (exact) mass is 358 g/mol. The zero-order chi connectivity index (χ0) is 15.6. The van der Waals surface area contributed by atoms with Crippen LogP contribution >= 0.6 is 15.9 Å². The quantitative estimate of drug-likeness (QED) is 0.807. The lowest BCUT2D eigenvalue weighted by Gasteiger charge is -2.13. The second kappa shape index (κ2) is 5.85. The van der Waals surface area contributed by atoms with E-state index in [2.05, 4.69) is 26.2 Å². The molecule has 0 aliphatic heterocycles. The highest BCUT2D eigenvalue weighted by molar-refractivity contribution is 9.10. The van der Waals surface area contributed by atoms with Crippen LogP contribution in [-0.4, -0.2) is 10.9 Å². The fourth-order valence-electron chi connectivity index (χ4n) is 1.68. The van der Waals surface area contributed by atoms with E-state index in [0.717, 1.165) is 12.1 Å². The van der Waals surface area contributed by atoms with Crippen molar-refractivity contribution in [2.75, 3.05) is 5.32 Å². The molecule has 1 aromatic heterocycles. The number of nitrogens with one attached hydrogen (secondary N) is 1. The van der Waals surface area contributed by atoms with E-state index in [1.54, 1.807) is 13.0 Å². The fourth-order valence-corrected chi connectivity index (χ4v) is 2.11. The van der Waals surface area contributed by atoms with Crippen molar-refractivity contribution in [3.05, 3.63) is 57.8 Å². The minimum atomic E-state index is -4.46. The molecular weight excluding hydrogens is 349 g/mol. The first-order valence-corrected chi connectivity index (χ1v) is 6.68. The lowest BCUT2D eigenvalue weighted by molar-refractivity contribution is -0.137. The molecule has 0 aliphatic rings. The van der Waals surface area contributed by atoms with Gasteiger partial charge in [0.15, 0.2) is 0 Å². The molecule has 0 aliphatic carbocycles. The van der Waals surface area contributed by atoms with Gasteiger partial charge in [-0.25, -0.2) is 4.98 Å². The summed E-state index contributed by atoms with van der Waals surface area (Å²) in [5.41, 5.74) is 0.0879. The molecule has 0 atom stereocenters. The predicted molar refractivity (Wildman–Crippen MR) is 76.1 cm³/mol. The van der Waals surface area contributed by atoms with Gasteiger partial charge in [0.1, 0.15) is 4.60 Å². The van der Waals surface area contributed by atoms with E-state index in [0.29, 0.717) is 10.2 Å². The molecule has 1 amide bonds. The zero-order valence-corrected chi connectivity index (χ0v) is 12.4. The van der Waals surface area contributed by atoms with Gasteiger partial charge in [-0.15, -0.1) is 0 Å². The van der Waals surface area contributed by atoms with Gasteiger partial charge < -0.3 is 5.32 Å². The minimum absolute atomic E-state index is 0.116. The maximum Gasteiger partial charge on any atom is 0.416 e. The second-order valence-corrected chi connectivity index (χ2v) is 5.07. The maximum absolute atomic E-state index is 12.7. The van der Waals surface area contributed by atoms with Gasteiger partial charge in [0.05, 0.1) is 11.1 Å². The number of pyridine rings is 1. The normalized spacial score (nSPS) is 11.3. The van der Waals surface area contributed by atoms with Crippen LogP contribution in [0, 0.1) is 6.92 Å². The summed E-state index contributed by atoms with van der Waals surface area (Å²) < 4.78 is 38.4. The molecule has 2 rings (SSSR count). The molecule has 1 heterocycles. The molecule has 7 heteroatoms. The van der Waals surface area contributed by atoms with Gasteiger partial charge in [-0.1, -0.05) is 6.07 Å². The summed E-state index contributed by atoms with van der Waals surface area (Å²) in [7, 11) is 0. The number of anilines is 1. The summed E-state index contributed by atoms with van der Waals surface area (Å²) >= 11 is 3.12. The van der Waals surface area contributed by atoms with Crippen LogP contribution in [-0.2, 0) is 6.18 Å². The van der Waals surface area contributed by atoms with E-state index in [1.807, 2.05) is 0 Å². The third-order valence-corrected chi connectivity index (χ3v) is 3.45. The van der Waals surface area contributed by atoms with Crippen molar-refractivity contribution in [3.8, 4) is 0 Å². The number of amides is 1. The van der Waals surface area contributed by atoms with Crippen LogP contribution in [0.25, 0.3) is 0 Å². The van der Waals surface area contributed by atoms with Gasteiger partial charge in [0.25, 0.3) is 5.91 Å². The van der Waals surface area contributed by atoms with Crippen molar-refractivity contribution in [2.24, 2.45) is 0 Å². The Morgan fingerprint density at radius 1 is 1.29 bits per heavy atom. The number of aromatic nitrogens is 1. The number of halogens is 4. The summed E-state index contributed by atoms with van der Waals surface area (Å²) in [6.07, 6.45) is -2.96. The van der Waals surface area contributed by atoms with E-state index in [1.165, 1.54) is 18.3 Å². The topological polar surface area (TPSA) is 42.0 Å². The predicted octanol–water partition coefficient (Wildman–Crippen LogP) is 4.42. The summed E-state index contributed by atoms with van der Waals surface area (Å²) in [6.45, 7) is 1.62. The van der Waals surface area contributed by atoms with E-state index in [-0.39, 0.29) is 11.3 Å². The van der Waals surface area contributed by atoms with Gasteiger partial charge in [-0.2, -0.15) is 13.2 Å². The molecule has 3 nitrogen and oxygen atoms in total. The highest BCUT2D eigenvalue weighted by Gasteiger charge is 2.31. The summed E-state index contributed by atoms with van der Waals surface area (Å²) in [4.78, 5) is 16.0. The van der Waals surface area contributed by atoms with E-state index < -0.39 is 17.6 Å². The average Bonchev–Trinajstić information content (AvgIpc) is 2.40. The Kier molecular flexibility index (Phi) is 4.32. The molecule has 2 aromatic rings. The maximum atomic E-state index is 12.7. The van der Waals surface area contributed by atoms with Crippen molar-refractivity contribution < 1.29 is 18.0 Å². The van der Waals surface area contributed by atoms with Crippen LogP contribution in [0.4, 0.5) is 18.9 Å². The summed E-state index contributed by atoms with van der Waals surface area (Å²) in [6, 6.07) is 6.30. The van der Waals surface area contributed by atoms with Crippen LogP contribution in [0.3, 0.4) is 0 Å². The Hall–Kier alpha value is -1.89. The first-order chi connectivity index (χ1) is 9.79. The Morgan fingerprint density at radius 2 is 2.00 bits per heavy atom. The molecule has 0 radical (unpaired) electrons. The number of hydrogen-bond acceptors (Lipinski definition) is 2. The molecule has 1 aromatic carbocycles. The molecule has 0 saturated carbocycles. The third-order valence-electron chi connectivity index (χ3n) is 2.82. The first-order valence-electron chi connectivity index (χ1n) is 5.89. The molecule has 0 unspecified atom stereocenters. The Labute approximate surface area is 127 Å². The number of aryl methyl sites for hydroxylation is 1. The number of carbonyl (C=O) groups excluding carboxylic acids is 1. The van der Waals surface area contributed by atoms with Crippen LogP contribution in [0.15, 0.2) is 41.1 Å². The van der Waals surface area contributed by atoms with Crippen molar-refractivity contribution in [1.82, 2.24) is 4.98 Å². The largest absolute Gasteiger partial charge is 0.416 e. The average molecular weight is 359 g/mol. The molecule has 21 heavy (non-hydrogen) atoms. The van der Waals surface area contributed by atoms with Crippen molar-refractivity contribution >= 4 is 27.5 Å². The number of carbonyl (C=O) groups is 1. The highest BCUT2D eigenvalue weighted by atomic mass is 79.9. The van der Waals surface area contributed by atoms with Crippen molar-refractivity contribution in [2.45, 2.75) is 13.1 Å². The van der Waals surface area contributed by atoms with Gasteiger partial charge in [0.2, 0.25) is 0 Å². The molecule has 1 N–H and O–H groups in total. The summed E-state index contributed by atoms with van der Waals surface area (Å²) in [5.74, 6) is -0.530. The van der Waals surface area contributed by atoms with Crippen LogP contribution in [0.5, 0.6) is 0 Å². The molecule has 0 fully saturated rings. The minimum Gasteiger partial charge on any atom is -0.322 e. The number of rotatable bonds is 2. The molecule has 0 saturated heterocycles. The van der Waals surface area contributed by atoms with E-state index in [9.17, 15) is 18.0 Å². The Morgan fingerprint density at radius 3 is 2.62 bits per heavy atom. The number of hydrogen-bond donors (Lipinski definition) is 1. The fraction of sp³-hybridized carbons (Fsp3) is 0.143. The smallest absolute Gasteiger partial charge is 0.322 e. The van der Waals surface area contributed by atoms with Gasteiger partial charge in [-0.05, 0) is 52.7 Å². The van der Waals surface area contributed by atoms with Gasteiger partial charge in [-0.3, -0.25) is 4.79 Å². The van der Waals surface area contributed by atoms with E-state index in [4.69, 9.17) is 0 Å². The number of alkyl halides is 3. The standard InChI is InChI=1S/C14H10BrF3N2O/c1-8-4-5-9(14(16,17)18)7-11(8)20-13(21)10-3-2-6-19-12(10)15/h2-7H,1H3,(H,20,21). The number of benzene rings is 1. The van der Waals surface area contributed by atoms with Crippen molar-refractivity contribution in [1.29, 1.82) is 0 Å². The van der Waals surface area contributed by atoms with Gasteiger partial charge >= 0.3 is 6.18 Å². The lowest BCUT2D eigenvalue weighted by atomic mass is 10.1. The Bertz CT molecular complexity index is 686. The second-order valence-electron chi connectivity index (χ2n) is 4.32. The zero-order valence-electron chi connectivity index (χ0n) is 10.8. The van der Waals surface area contributed by atoms with Crippen LogP contribution in [0.1, 0.15) is 21.5 Å². The van der Waals surface area contributed by atoms with Crippen LogP contribution in [0.2, 0.25) is 0 Å². The number of nitrogens with zero attached hydrogens (tertiary/aromatic N) is 1. The molecule has 0 bridgehead atoms. The Balaban J connectivity index is 2.31. The molecular formula is C14H10BrF3N2O. The molecule has 110 valence electrons.